The van der Waals surface area contributed by atoms with Gasteiger partial charge < -0.3 is 20.1 Å². The molecule has 2 N–H and O–H groups in total. The van der Waals surface area contributed by atoms with E-state index in [4.69, 9.17) is 9.84 Å². The molecule has 110 valence electrons. The number of carboxylic acids is 1. The third-order valence-electron chi connectivity index (χ3n) is 3.58. The van der Waals surface area contributed by atoms with Crippen LogP contribution in [0.1, 0.15) is 32.6 Å². The molecular formula is C13H24N2O4. The molecule has 1 fully saturated rings. The lowest BCUT2D eigenvalue weighted by Crippen LogP contribution is -2.41. The normalized spacial score (nSPS) is 22.5. The first kappa shape index (κ1) is 15.8. The van der Waals surface area contributed by atoms with Crippen LogP contribution in [0.2, 0.25) is 0 Å². The summed E-state index contributed by atoms with van der Waals surface area (Å²) in [5, 5.41) is 11.9. The molecule has 6 nitrogen and oxygen atoms in total. The van der Waals surface area contributed by atoms with Crippen molar-refractivity contribution in [2.24, 2.45) is 5.41 Å². The first-order chi connectivity index (χ1) is 8.99. The molecule has 6 heteroatoms. The van der Waals surface area contributed by atoms with Crippen molar-refractivity contribution in [2.75, 3.05) is 33.4 Å². The highest BCUT2D eigenvalue weighted by molar-refractivity contribution is 5.79. The molecule has 1 saturated heterocycles. The first-order valence-corrected chi connectivity index (χ1v) is 6.75. The summed E-state index contributed by atoms with van der Waals surface area (Å²) >= 11 is 0. The molecule has 1 rings (SSSR count). The number of carbonyl (C=O) groups excluding carboxylic acids is 1. The maximum atomic E-state index is 11.8. The minimum atomic E-state index is -0.831. The molecule has 1 heterocycles. The number of amides is 2. The van der Waals surface area contributed by atoms with Crippen LogP contribution in [0, 0.1) is 5.41 Å². The number of nitrogens with one attached hydrogen (secondary N) is 1. The van der Waals surface area contributed by atoms with Gasteiger partial charge in [-0.1, -0.05) is 0 Å². The van der Waals surface area contributed by atoms with Crippen molar-refractivity contribution in [1.29, 1.82) is 0 Å². The fraction of sp³-hybridized carbons (Fsp3) is 0.846. The Morgan fingerprint density at radius 2 is 2.11 bits per heavy atom. The Hall–Kier alpha value is -1.30. The van der Waals surface area contributed by atoms with Gasteiger partial charge in [-0.05, 0) is 32.6 Å². The van der Waals surface area contributed by atoms with Crippen LogP contribution < -0.4 is 5.32 Å². The van der Waals surface area contributed by atoms with Crippen LogP contribution in [-0.4, -0.2) is 55.4 Å². The maximum absolute atomic E-state index is 11.8. The lowest BCUT2D eigenvalue weighted by molar-refractivity contribution is -0.146. The van der Waals surface area contributed by atoms with Gasteiger partial charge in [0.25, 0.3) is 0 Å². The molecule has 1 atom stereocenters. The van der Waals surface area contributed by atoms with Crippen molar-refractivity contribution in [3.05, 3.63) is 0 Å². The summed E-state index contributed by atoms with van der Waals surface area (Å²) in [6.07, 6.45) is 3.44. The van der Waals surface area contributed by atoms with Crippen LogP contribution in [0.3, 0.4) is 0 Å². The molecule has 0 aliphatic carbocycles. The zero-order valence-electron chi connectivity index (χ0n) is 11.8. The van der Waals surface area contributed by atoms with Crippen LogP contribution >= 0.6 is 0 Å². The van der Waals surface area contributed by atoms with Gasteiger partial charge in [-0.25, -0.2) is 4.79 Å². The van der Waals surface area contributed by atoms with Gasteiger partial charge in [0.05, 0.1) is 5.41 Å². The molecule has 0 aromatic heterocycles. The highest BCUT2D eigenvalue weighted by atomic mass is 16.5. The average Bonchev–Trinajstić information content (AvgIpc) is 2.78. The predicted octanol–water partition coefficient (Wildman–Crippen LogP) is 1.31. The molecule has 0 spiro atoms. The van der Waals surface area contributed by atoms with Crippen LogP contribution in [0.25, 0.3) is 0 Å². The topological polar surface area (TPSA) is 78.9 Å². The summed E-state index contributed by atoms with van der Waals surface area (Å²) in [5.41, 5.74) is -0.796. The molecule has 19 heavy (non-hydrogen) atoms. The minimum absolute atomic E-state index is 0.156. The van der Waals surface area contributed by atoms with Crippen LogP contribution in [-0.2, 0) is 9.53 Å². The second-order valence-electron chi connectivity index (χ2n) is 5.32. The standard InChI is InChI=1S/C13H24N2O4/c1-13(11(16)17)6-8-15(10-13)12(18)14-7-4-3-5-9-19-2/h3-10H2,1-2H3,(H,14,18)(H,16,17). The number of methoxy groups -OCH3 is 1. The summed E-state index contributed by atoms with van der Waals surface area (Å²) in [7, 11) is 1.68. The van der Waals surface area contributed by atoms with Gasteiger partial charge in [0, 0.05) is 33.4 Å². The van der Waals surface area contributed by atoms with Crippen LogP contribution in [0.15, 0.2) is 0 Å². The lowest BCUT2D eigenvalue weighted by atomic mass is 9.90. The second kappa shape index (κ2) is 7.33. The Labute approximate surface area is 114 Å². The van der Waals surface area contributed by atoms with Gasteiger partial charge >= 0.3 is 12.0 Å². The van der Waals surface area contributed by atoms with Gasteiger partial charge in [0.2, 0.25) is 0 Å². The van der Waals surface area contributed by atoms with E-state index in [1.165, 1.54) is 0 Å². The van der Waals surface area contributed by atoms with E-state index in [0.717, 1.165) is 25.9 Å². The monoisotopic (exact) mass is 272 g/mol. The Morgan fingerprint density at radius 1 is 1.37 bits per heavy atom. The highest BCUT2D eigenvalue weighted by Gasteiger charge is 2.41. The van der Waals surface area contributed by atoms with E-state index >= 15 is 0 Å². The van der Waals surface area contributed by atoms with Gasteiger partial charge in [-0.3, -0.25) is 4.79 Å². The Morgan fingerprint density at radius 3 is 2.68 bits per heavy atom. The predicted molar refractivity (Wildman–Crippen MR) is 71.1 cm³/mol. The number of hydrogen-bond donors (Lipinski definition) is 2. The molecule has 0 bridgehead atoms. The number of hydrogen-bond acceptors (Lipinski definition) is 3. The number of likely N-dealkylation sites (tertiary alicyclic amines) is 1. The van der Waals surface area contributed by atoms with Gasteiger partial charge in [-0.15, -0.1) is 0 Å². The van der Waals surface area contributed by atoms with Crippen molar-refractivity contribution < 1.29 is 19.4 Å². The third-order valence-corrected chi connectivity index (χ3v) is 3.58. The lowest BCUT2D eigenvalue weighted by Gasteiger charge is -2.20. The molecule has 0 radical (unpaired) electrons. The van der Waals surface area contributed by atoms with E-state index in [-0.39, 0.29) is 12.6 Å². The Bertz CT molecular complexity index is 322. The average molecular weight is 272 g/mol. The molecular weight excluding hydrogens is 248 g/mol. The number of aliphatic carboxylic acids is 1. The molecule has 1 aliphatic heterocycles. The molecule has 0 aromatic rings. The number of urea groups is 1. The molecule has 2 amide bonds. The quantitative estimate of drug-likeness (QED) is 0.685. The smallest absolute Gasteiger partial charge is 0.317 e. The van der Waals surface area contributed by atoms with Crippen molar-refractivity contribution in [3.8, 4) is 0 Å². The number of ether oxygens (including phenoxy) is 1. The van der Waals surface area contributed by atoms with E-state index in [2.05, 4.69) is 5.32 Å². The highest BCUT2D eigenvalue weighted by Crippen LogP contribution is 2.29. The third kappa shape index (κ3) is 4.70. The number of unbranched alkanes of at least 4 members (excludes halogenated alkanes) is 2. The zero-order chi connectivity index (χ0) is 14.3. The number of carbonyl (C=O) groups is 2. The SMILES string of the molecule is COCCCCCNC(=O)N1CCC(C)(C(=O)O)C1. The van der Waals surface area contributed by atoms with Crippen molar-refractivity contribution in [3.63, 3.8) is 0 Å². The Kier molecular flexibility index (Phi) is 6.08. The summed E-state index contributed by atoms with van der Waals surface area (Å²) in [5.74, 6) is -0.831. The van der Waals surface area contributed by atoms with Gasteiger partial charge in [0.15, 0.2) is 0 Å². The number of nitrogens with zero attached hydrogens (tertiary/aromatic N) is 1. The van der Waals surface area contributed by atoms with E-state index in [0.29, 0.717) is 19.5 Å². The summed E-state index contributed by atoms with van der Waals surface area (Å²) in [6, 6.07) is -0.156. The van der Waals surface area contributed by atoms with Crippen molar-refractivity contribution in [2.45, 2.75) is 32.6 Å². The van der Waals surface area contributed by atoms with E-state index in [1.54, 1.807) is 18.9 Å². The van der Waals surface area contributed by atoms with Crippen molar-refractivity contribution in [1.82, 2.24) is 10.2 Å². The summed E-state index contributed by atoms with van der Waals surface area (Å²) < 4.78 is 4.94. The maximum Gasteiger partial charge on any atom is 0.317 e. The Balaban J connectivity index is 2.19. The van der Waals surface area contributed by atoms with E-state index < -0.39 is 11.4 Å². The van der Waals surface area contributed by atoms with Crippen LogP contribution in [0.5, 0.6) is 0 Å². The number of carboxylic acid groups (broad SMARTS) is 1. The zero-order valence-corrected chi connectivity index (χ0v) is 11.8. The van der Waals surface area contributed by atoms with Gasteiger partial charge in [0.1, 0.15) is 0 Å². The number of rotatable bonds is 7. The second-order valence-corrected chi connectivity index (χ2v) is 5.32. The first-order valence-electron chi connectivity index (χ1n) is 6.75. The van der Waals surface area contributed by atoms with Crippen molar-refractivity contribution >= 4 is 12.0 Å². The summed E-state index contributed by atoms with van der Waals surface area (Å²) in [4.78, 5) is 24.5. The van der Waals surface area contributed by atoms with E-state index in [1.807, 2.05) is 0 Å². The largest absolute Gasteiger partial charge is 0.481 e. The molecule has 1 aliphatic rings. The molecule has 0 saturated carbocycles. The van der Waals surface area contributed by atoms with E-state index in [9.17, 15) is 9.59 Å². The fourth-order valence-electron chi connectivity index (χ4n) is 2.16. The molecule has 1 unspecified atom stereocenters. The van der Waals surface area contributed by atoms with Gasteiger partial charge in [-0.2, -0.15) is 0 Å². The van der Waals surface area contributed by atoms with Crippen LogP contribution in [0.4, 0.5) is 4.79 Å². The summed E-state index contributed by atoms with van der Waals surface area (Å²) in [6.45, 7) is 3.86. The molecule has 0 aromatic carbocycles. The fourth-order valence-corrected chi connectivity index (χ4v) is 2.16. The minimum Gasteiger partial charge on any atom is -0.481 e.